The summed E-state index contributed by atoms with van der Waals surface area (Å²) in [5.74, 6) is -0.110. The van der Waals surface area contributed by atoms with Crippen LogP contribution in [-0.4, -0.2) is 39.5 Å². The first-order valence-electron chi connectivity index (χ1n) is 7.27. The molecule has 114 valence electrons. The van der Waals surface area contributed by atoms with Crippen LogP contribution in [0.15, 0.2) is 6.07 Å². The van der Waals surface area contributed by atoms with Gasteiger partial charge >= 0.3 is 7.12 Å². The fourth-order valence-corrected chi connectivity index (χ4v) is 2.60. The second-order valence-corrected chi connectivity index (χ2v) is 7.54. The summed E-state index contributed by atoms with van der Waals surface area (Å²) in [6, 6.07) is 1.76. The van der Waals surface area contributed by atoms with Gasteiger partial charge in [0.25, 0.3) is 5.91 Å². The number of amides is 1. The number of rotatable bonds is 1. The zero-order chi connectivity index (χ0) is 15.6. The number of carbonyl (C=O) groups excluding carboxylic acids is 1. The molecule has 0 saturated carbocycles. The average Bonchev–Trinajstić information content (AvgIpc) is 2.77. The Morgan fingerprint density at radius 1 is 1.19 bits per heavy atom. The third kappa shape index (κ3) is 2.28. The molecular weight excluding hydrogens is 269 g/mol. The van der Waals surface area contributed by atoms with Crippen molar-refractivity contribution in [1.29, 1.82) is 0 Å². The minimum absolute atomic E-state index is 0.110. The van der Waals surface area contributed by atoms with E-state index in [0.29, 0.717) is 17.8 Å². The molecule has 3 rings (SSSR count). The molecule has 21 heavy (non-hydrogen) atoms. The first-order chi connectivity index (χ1) is 9.51. The van der Waals surface area contributed by atoms with Crippen LogP contribution in [0.1, 0.15) is 52.0 Å². The molecule has 0 atom stereocenters. The molecule has 0 spiro atoms. The van der Waals surface area contributed by atoms with Crippen molar-refractivity contribution < 1.29 is 14.1 Å². The van der Waals surface area contributed by atoms with Gasteiger partial charge < -0.3 is 14.6 Å². The quantitative estimate of drug-likeness (QED) is 0.774. The Morgan fingerprint density at radius 3 is 2.33 bits per heavy atom. The number of fused-ring (bicyclic) bond motifs is 1. The highest BCUT2D eigenvalue weighted by Gasteiger charge is 2.53. The van der Waals surface area contributed by atoms with Crippen LogP contribution >= 0.6 is 0 Å². The number of hydrogen-bond donors (Lipinski definition) is 1. The van der Waals surface area contributed by atoms with Crippen LogP contribution in [0.5, 0.6) is 0 Å². The zero-order valence-electron chi connectivity index (χ0n) is 13.5. The first-order valence-corrected chi connectivity index (χ1v) is 7.27. The van der Waals surface area contributed by atoms with E-state index in [2.05, 4.69) is 10.4 Å². The lowest BCUT2D eigenvalue weighted by atomic mass is 9.85. The second-order valence-electron chi connectivity index (χ2n) is 7.54. The SMILES string of the molecule is CC1(C)Cn2nc(B3OC(C)(C)C(C)(C)O3)cc2C(=O)N1. The van der Waals surface area contributed by atoms with E-state index in [0.717, 1.165) is 0 Å². The molecule has 2 aliphatic heterocycles. The third-order valence-electron chi connectivity index (χ3n) is 4.52. The van der Waals surface area contributed by atoms with Crippen LogP contribution in [0.2, 0.25) is 0 Å². The number of carbonyl (C=O) groups is 1. The van der Waals surface area contributed by atoms with Gasteiger partial charge in [-0.2, -0.15) is 5.10 Å². The molecule has 1 aromatic heterocycles. The summed E-state index contributed by atoms with van der Waals surface area (Å²) in [6.07, 6.45) is 0. The topological polar surface area (TPSA) is 65.4 Å². The van der Waals surface area contributed by atoms with Crippen molar-refractivity contribution in [1.82, 2.24) is 15.1 Å². The van der Waals surface area contributed by atoms with E-state index < -0.39 is 18.3 Å². The van der Waals surface area contributed by atoms with Gasteiger partial charge in [-0.3, -0.25) is 9.48 Å². The Hall–Kier alpha value is -1.34. The molecule has 1 N–H and O–H groups in total. The first kappa shape index (κ1) is 14.6. The van der Waals surface area contributed by atoms with Gasteiger partial charge in [0.2, 0.25) is 0 Å². The van der Waals surface area contributed by atoms with Crippen molar-refractivity contribution in [2.24, 2.45) is 0 Å². The van der Waals surface area contributed by atoms with Gasteiger partial charge in [-0.1, -0.05) is 0 Å². The predicted molar refractivity (Wildman–Crippen MR) is 79.5 cm³/mol. The second kappa shape index (κ2) is 4.11. The molecular formula is C14H22BN3O3. The standard InChI is InChI=1S/C14H22BN3O3/c1-12(2)8-18-9(11(19)16-12)7-10(17-18)15-20-13(3,4)14(5,6)21-15/h7H,8H2,1-6H3,(H,16,19). The summed E-state index contributed by atoms with van der Waals surface area (Å²) >= 11 is 0. The summed E-state index contributed by atoms with van der Waals surface area (Å²) < 4.78 is 13.7. The van der Waals surface area contributed by atoms with E-state index >= 15 is 0 Å². The molecule has 0 aromatic carbocycles. The monoisotopic (exact) mass is 291 g/mol. The van der Waals surface area contributed by atoms with E-state index in [4.69, 9.17) is 9.31 Å². The number of nitrogens with zero attached hydrogens (tertiary/aromatic N) is 2. The van der Waals surface area contributed by atoms with Crippen LogP contribution in [0.4, 0.5) is 0 Å². The van der Waals surface area contributed by atoms with Gasteiger partial charge in [-0.25, -0.2) is 0 Å². The fraction of sp³-hybridized carbons (Fsp3) is 0.714. The maximum absolute atomic E-state index is 12.1. The maximum Gasteiger partial charge on any atom is 0.516 e. The van der Waals surface area contributed by atoms with Crippen molar-refractivity contribution in [2.75, 3.05) is 0 Å². The van der Waals surface area contributed by atoms with Crippen molar-refractivity contribution in [3.05, 3.63) is 11.8 Å². The molecule has 0 unspecified atom stereocenters. The van der Waals surface area contributed by atoms with Crippen molar-refractivity contribution in [3.63, 3.8) is 0 Å². The molecule has 0 radical (unpaired) electrons. The lowest BCUT2D eigenvalue weighted by Crippen LogP contribution is -2.51. The van der Waals surface area contributed by atoms with Gasteiger partial charge in [0.05, 0.1) is 28.9 Å². The van der Waals surface area contributed by atoms with Crippen LogP contribution < -0.4 is 10.9 Å². The number of aromatic nitrogens is 2. The van der Waals surface area contributed by atoms with Gasteiger partial charge in [-0.15, -0.1) is 0 Å². The van der Waals surface area contributed by atoms with Crippen LogP contribution in [0, 0.1) is 0 Å². The lowest BCUT2D eigenvalue weighted by molar-refractivity contribution is 0.00578. The third-order valence-corrected chi connectivity index (χ3v) is 4.52. The van der Waals surface area contributed by atoms with Crippen LogP contribution in [0.25, 0.3) is 0 Å². The van der Waals surface area contributed by atoms with E-state index in [1.807, 2.05) is 41.5 Å². The Morgan fingerprint density at radius 2 is 1.76 bits per heavy atom. The fourth-order valence-electron chi connectivity index (χ4n) is 2.60. The van der Waals surface area contributed by atoms with Crippen molar-refractivity contribution in [3.8, 4) is 0 Å². The van der Waals surface area contributed by atoms with E-state index in [-0.39, 0.29) is 11.4 Å². The smallest absolute Gasteiger partial charge is 0.398 e. The molecule has 1 fully saturated rings. The molecule has 6 nitrogen and oxygen atoms in total. The highest BCUT2D eigenvalue weighted by molar-refractivity contribution is 6.61. The van der Waals surface area contributed by atoms with Crippen molar-refractivity contribution in [2.45, 2.75) is 64.8 Å². The lowest BCUT2D eigenvalue weighted by Gasteiger charge is -2.32. The maximum atomic E-state index is 12.1. The normalized spacial score (nSPS) is 25.6. The molecule has 7 heteroatoms. The molecule has 1 saturated heterocycles. The van der Waals surface area contributed by atoms with Crippen LogP contribution in [-0.2, 0) is 15.9 Å². The largest absolute Gasteiger partial charge is 0.516 e. The Bertz CT molecular complexity index is 591. The molecule has 1 amide bonds. The van der Waals surface area contributed by atoms with Crippen LogP contribution in [0.3, 0.4) is 0 Å². The van der Waals surface area contributed by atoms with Gasteiger partial charge in [0.15, 0.2) is 0 Å². The van der Waals surface area contributed by atoms with E-state index in [1.54, 1.807) is 10.7 Å². The Balaban J connectivity index is 1.92. The predicted octanol–water partition coefficient (Wildman–Crippen LogP) is 0.704. The zero-order valence-corrected chi connectivity index (χ0v) is 13.5. The highest BCUT2D eigenvalue weighted by Crippen LogP contribution is 2.36. The Labute approximate surface area is 125 Å². The Kier molecular flexibility index (Phi) is 2.85. The van der Waals surface area contributed by atoms with Crippen molar-refractivity contribution >= 4 is 18.6 Å². The molecule has 3 heterocycles. The molecule has 0 bridgehead atoms. The van der Waals surface area contributed by atoms with Gasteiger partial charge in [-0.05, 0) is 47.6 Å². The number of hydrogen-bond acceptors (Lipinski definition) is 4. The molecule has 1 aromatic rings. The van der Waals surface area contributed by atoms with E-state index in [9.17, 15) is 4.79 Å². The summed E-state index contributed by atoms with van der Waals surface area (Å²) in [7, 11) is -0.538. The molecule has 0 aliphatic carbocycles. The van der Waals surface area contributed by atoms with E-state index in [1.165, 1.54) is 0 Å². The summed E-state index contributed by atoms with van der Waals surface area (Å²) in [5, 5.41) is 7.48. The molecule has 2 aliphatic rings. The highest BCUT2D eigenvalue weighted by atomic mass is 16.7. The van der Waals surface area contributed by atoms with Gasteiger partial charge in [0, 0.05) is 0 Å². The van der Waals surface area contributed by atoms with Gasteiger partial charge in [0.1, 0.15) is 5.69 Å². The minimum Gasteiger partial charge on any atom is -0.398 e. The average molecular weight is 291 g/mol. The summed E-state index contributed by atoms with van der Waals surface area (Å²) in [4.78, 5) is 12.1. The summed E-state index contributed by atoms with van der Waals surface area (Å²) in [6.45, 7) is 12.6. The minimum atomic E-state index is -0.538. The summed E-state index contributed by atoms with van der Waals surface area (Å²) in [5.41, 5.74) is 0.0752. The number of nitrogens with one attached hydrogen (secondary N) is 1.